The standard InChI is InChI=1S/C13H18ClNO/c1-15-8-4-7-13(9-15,10-16)11-5-2-3-6-12(11)14/h2-3,5-6,16H,4,7-10H2,1H3. The van der Waals surface area contributed by atoms with Gasteiger partial charge in [-0.25, -0.2) is 0 Å². The normalized spacial score (nSPS) is 26.9. The van der Waals surface area contributed by atoms with Gasteiger partial charge < -0.3 is 10.0 Å². The van der Waals surface area contributed by atoms with Gasteiger partial charge in [0.15, 0.2) is 0 Å². The first-order valence-electron chi connectivity index (χ1n) is 5.72. The fourth-order valence-corrected chi connectivity index (χ4v) is 3.02. The SMILES string of the molecule is CN1CCCC(CO)(c2ccccc2Cl)C1. The van der Waals surface area contributed by atoms with Crippen LogP contribution in [-0.2, 0) is 5.41 Å². The summed E-state index contributed by atoms with van der Waals surface area (Å²) in [4.78, 5) is 2.27. The summed E-state index contributed by atoms with van der Waals surface area (Å²) < 4.78 is 0. The molecule has 2 nitrogen and oxygen atoms in total. The van der Waals surface area contributed by atoms with E-state index in [-0.39, 0.29) is 12.0 Å². The van der Waals surface area contributed by atoms with Crippen molar-refractivity contribution in [3.05, 3.63) is 34.9 Å². The van der Waals surface area contributed by atoms with E-state index in [1.165, 1.54) is 0 Å². The average Bonchev–Trinajstić information content (AvgIpc) is 2.29. The number of nitrogens with zero attached hydrogens (tertiary/aromatic N) is 1. The first kappa shape index (κ1) is 11.9. The van der Waals surface area contributed by atoms with Crippen molar-refractivity contribution in [2.45, 2.75) is 18.3 Å². The quantitative estimate of drug-likeness (QED) is 0.856. The zero-order valence-electron chi connectivity index (χ0n) is 9.62. The number of likely N-dealkylation sites (N-methyl/N-ethyl adjacent to an activating group) is 1. The Morgan fingerprint density at radius 2 is 2.19 bits per heavy atom. The summed E-state index contributed by atoms with van der Waals surface area (Å²) >= 11 is 6.24. The predicted octanol–water partition coefficient (Wildman–Crippen LogP) is 2.30. The Morgan fingerprint density at radius 3 is 2.81 bits per heavy atom. The van der Waals surface area contributed by atoms with Gasteiger partial charge in [0.05, 0.1) is 6.61 Å². The molecule has 0 radical (unpaired) electrons. The molecule has 0 amide bonds. The molecule has 1 unspecified atom stereocenters. The smallest absolute Gasteiger partial charge is 0.0540 e. The van der Waals surface area contributed by atoms with Crippen LogP contribution in [0, 0.1) is 0 Å². The van der Waals surface area contributed by atoms with Crippen LogP contribution in [0.1, 0.15) is 18.4 Å². The Labute approximate surface area is 102 Å². The average molecular weight is 240 g/mol. The molecule has 0 aromatic heterocycles. The van der Waals surface area contributed by atoms with Crippen LogP contribution in [0.2, 0.25) is 5.02 Å². The van der Waals surface area contributed by atoms with E-state index in [0.29, 0.717) is 0 Å². The van der Waals surface area contributed by atoms with Gasteiger partial charge in [-0.05, 0) is 38.1 Å². The fraction of sp³-hybridized carbons (Fsp3) is 0.538. The lowest BCUT2D eigenvalue weighted by molar-refractivity contribution is 0.105. The van der Waals surface area contributed by atoms with Gasteiger partial charge in [-0.2, -0.15) is 0 Å². The van der Waals surface area contributed by atoms with E-state index in [2.05, 4.69) is 11.9 Å². The molecule has 16 heavy (non-hydrogen) atoms. The van der Waals surface area contributed by atoms with E-state index in [4.69, 9.17) is 11.6 Å². The second kappa shape index (κ2) is 4.74. The molecule has 0 bridgehead atoms. The molecule has 1 heterocycles. The largest absolute Gasteiger partial charge is 0.395 e. The summed E-state index contributed by atoms with van der Waals surface area (Å²) in [6.07, 6.45) is 2.12. The van der Waals surface area contributed by atoms with Gasteiger partial charge in [0, 0.05) is 17.0 Å². The van der Waals surface area contributed by atoms with Gasteiger partial charge in [-0.3, -0.25) is 0 Å². The fourth-order valence-electron chi connectivity index (χ4n) is 2.69. The molecular formula is C13H18ClNO. The summed E-state index contributed by atoms with van der Waals surface area (Å²) in [7, 11) is 2.10. The lowest BCUT2D eigenvalue weighted by Crippen LogP contribution is -2.46. The van der Waals surface area contributed by atoms with Gasteiger partial charge in [0.1, 0.15) is 0 Å². The van der Waals surface area contributed by atoms with Crippen LogP contribution in [0.25, 0.3) is 0 Å². The second-order valence-corrected chi connectivity index (χ2v) is 5.17. The molecule has 2 rings (SSSR count). The summed E-state index contributed by atoms with van der Waals surface area (Å²) in [5.41, 5.74) is 0.913. The maximum Gasteiger partial charge on any atom is 0.0540 e. The predicted molar refractivity (Wildman–Crippen MR) is 66.9 cm³/mol. The first-order chi connectivity index (χ1) is 7.68. The van der Waals surface area contributed by atoms with Crippen LogP contribution >= 0.6 is 11.6 Å². The second-order valence-electron chi connectivity index (χ2n) is 4.76. The number of halogens is 1. The lowest BCUT2D eigenvalue weighted by Gasteiger charge is -2.41. The molecule has 0 saturated carbocycles. The molecular weight excluding hydrogens is 222 g/mol. The minimum Gasteiger partial charge on any atom is -0.395 e. The number of rotatable bonds is 2. The molecule has 1 fully saturated rings. The highest BCUT2D eigenvalue weighted by atomic mass is 35.5. The zero-order chi connectivity index (χ0) is 11.6. The zero-order valence-corrected chi connectivity index (χ0v) is 10.4. The molecule has 1 aliphatic rings. The van der Waals surface area contributed by atoms with Gasteiger partial charge >= 0.3 is 0 Å². The molecule has 1 N–H and O–H groups in total. The Hall–Kier alpha value is -0.570. The van der Waals surface area contributed by atoms with Crippen molar-refractivity contribution in [1.29, 1.82) is 0 Å². The number of hydrogen-bond donors (Lipinski definition) is 1. The van der Waals surface area contributed by atoms with Crippen LogP contribution in [0.3, 0.4) is 0 Å². The Morgan fingerprint density at radius 1 is 1.44 bits per heavy atom. The third-order valence-corrected chi connectivity index (χ3v) is 3.85. The number of aliphatic hydroxyl groups excluding tert-OH is 1. The van der Waals surface area contributed by atoms with Crippen LogP contribution in [0.15, 0.2) is 24.3 Å². The monoisotopic (exact) mass is 239 g/mol. The van der Waals surface area contributed by atoms with E-state index in [1.54, 1.807) is 0 Å². The van der Waals surface area contributed by atoms with E-state index in [0.717, 1.165) is 36.5 Å². The molecule has 1 aromatic carbocycles. The minimum absolute atomic E-state index is 0.168. The van der Waals surface area contributed by atoms with Crippen molar-refractivity contribution in [3.8, 4) is 0 Å². The Kier molecular flexibility index (Phi) is 3.53. The van der Waals surface area contributed by atoms with Crippen molar-refractivity contribution in [1.82, 2.24) is 4.90 Å². The topological polar surface area (TPSA) is 23.5 Å². The molecule has 1 atom stereocenters. The number of aliphatic hydroxyl groups is 1. The van der Waals surface area contributed by atoms with Crippen molar-refractivity contribution in [2.24, 2.45) is 0 Å². The van der Waals surface area contributed by atoms with Crippen molar-refractivity contribution >= 4 is 11.6 Å². The summed E-state index contributed by atoms with van der Waals surface area (Å²) in [6.45, 7) is 2.15. The number of piperidine rings is 1. The van der Waals surface area contributed by atoms with Gasteiger partial charge in [0.25, 0.3) is 0 Å². The minimum atomic E-state index is -0.175. The molecule has 0 aliphatic carbocycles. The van der Waals surface area contributed by atoms with Gasteiger partial charge in [-0.15, -0.1) is 0 Å². The van der Waals surface area contributed by atoms with Crippen LogP contribution < -0.4 is 0 Å². The third kappa shape index (κ3) is 2.10. The molecule has 3 heteroatoms. The summed E-state index contributed by atoms with van der Waals surface area (Å²) in [6, 6.07) is 7.87. The van der Waals surface area contributed by atoms with Crippen molar-refractivity contribution in [2.75, 3.05) is 26.7 Å². The molecule has 1 saturated heterocycles. The van der Waals surface area contributed by atoms with Crippen LogP contribution in [0.5, 0.6) is 0 Å². The van der Waals surface area contributed by atoms with Crippen LogP contribution in [0.4, 0.5) is 0 Å². The van der Waals surface area contributed by atoms with Gasteiger partial charge in [0.2, 0.25) is 0 Å². The highest BCUT2D eigenvalue weighted by Gasteiger charge is 2.36. The highest BCUT2D eigenvalue weighted by Crippen LogP contribution is 2.36. The Bertz CT molecular complexity index is 369. The highest BCUT2D eigenvalue weighted by molar-refractivity contribution is 6.31. The lowest BCUT2D eigenvalue weighted by atomic mass is 9.75. The third-order valence-electron chi connectivity index (χ3n) is 3.52. The van der Waals surface area contributed by atoms with Gasteiger partial charge in [-0.1, -0.05) is 29.8 Å². The summed E-state index contributed by atoms with van der Waals surface area (Å²) in [5.74, 6) is 0. The molecule has 88 valence electrons. The molecule has 1 aliphatic heterocycles. The number of likely N-dealkylation sites (tertiary alicyclic amines) is 1. The van der Waals surface area contributed by atoms with Crippen LogP contribution in [-0.4, -0.2) is 36.8 Å². The molecule has 1 aromatic rings. The Balaban J connectivity index is 2.37. The maximum atomic E-state index is 9.75. The summed E-state index contributed by atoms with van der Waals surface area (Å²) in [5, 5.41) is 10.5. The first-order valence-corrected chi connectivity index (χ1v) is 6.10. The van der Waals surface area contributed by atoms with E-state index >= 15 is 0 Å². The number of benzene rings is 1. The van der Waals surface area contributed by atoms with E-state index < -0.39 is 0 Å². The number of hydrogen-bond acceptors (Lipinski definition) is 2. The molecule has 0 spiro atoms. The van der Waals surface area contributed by atoms with Crippen molar-refractivity contribution < 1.29 is 5.11 Å². The van der Waals surface area contributed by atoms with E-state index in [1.807, 2.05) is 24.3 Å². The van der Waals surface area contributed by atoms with Crippen molar-refractivity contribution in [3.63, 3.8) is 0 Å². The van der Waals surface area contributed by atoms with E-state index in [9.17, 15) is 5.11 Å². The maximum absolute atomic E-state index is 9.75.